The van der Waals surface area contributed by atoms with Gasteiger partial charge in [-0.3, -0.25) is 10.1 Å². The first-order valence-corrected chi connectivity index (χ1v) is 10.6. The number of nitrogens with one attached hydrogen (secondary N) is 2. The second-order valence-electron chi connectivity index (χ2n) is 7.06. The fourth-order valence-electron chi connectivity index (χ4n) is 3.51. The van der Waals surface area contributed by atoms with E-state index in [9.17, 15) is 4.79 Å². The van der Waals surface area contributed by atoms with E-state index < -0.39 is 0 Å². The zero-order valence-electron chi connectivity index (χ0n) is 16.4. The van der Waals surface area contributed by atoms with Crippen molar-refractivity contribution in [1.29, 1.82) is 0 Å². The number of hydrogen-bond acceptors (Lipinski definition) is 5. The monoisotopic (exact) mass is 409 g/mol. The maximum absolute atomic E-state index is 12.5. The van der Waals surface area contributed by atoms with Crippen molar-refractivity contribution in [3.05, 3.63) is 60.0 Å². The van der Waals surface area contributed by atoms with E-state index in [2.05, 4.69) is 39.5 Å². The van der Waals surface area contributed by atoms with Crippen molar-refractivity contribution in [3.63, 3.8) is 0 Å². The molecule has 6 nitrogen and oxygen atoms in total. The largest absolute Gasteiger partial charge is 0.497 e. The number of nitrogens with zero attached hydrogens (tertiary/aromatic N) is 2. The van der Waals surface area contributed by atoms with Crippen LogP contribution in [0, 0.1) is 0 Å². The summed E-state index contributed by atoms with van der Waals surface area (Å²) in [5, 5.41) is 5.56. The van der Waals surface area contributed by atoms with Crippen LogP contribution in [0.5, 0.6) is 5.75 Å². The van der Waals surface area contributed by atoms with E-state index in [0.29, 0.717) is 11.7 Å². The molecule has 150 valence electrons. The molecule has 0 spiro atoms. The molecule has 0 atom stereocenters. The number of para-hydroxylation sites is 1. The molecule has 2 heterocycles. The lowest BCUT2D eigenvalue weighted by atomic mass is 10.2. The number of methoxy groups -OCH3 is 1. The van der Waals surface area contributed by atoms with Crippen molar-refractivity contribution in [2.24, 2.45) is 0 Å². The van der Waals surface area contributed by atoms with Gasteiger partial charge in [0.1, 0.15) is 5.75 Å². The van der Waals surface area contributed by atoms with Gasteiger partial charge in [-0.15, -0.1) is 11.3 Å². The van der Waals surface area contributed by atoms with Crippen molar-refractivity contribution >= 4 is 28.1 Å². The molecule has 0 aliphatic carbocycles. The van der Waals surface area contributed by atoms with Crippen LogP contribution in [0.4, 0.5) is 10.8 Å². The highest BCUT2D eigenvalue weighted by atomic mass is 32.1. The molecule has 0 radical (unpaired) electrons. The lowest BCUT2D eigenvalue weighted by molar-refractivity contribution is -0.892. The quantitative estimate of drug-likeness (QED) is 0.655. The van der Waals surface area contributed by atoms with Gasteiger partial charge in [-0.2, -0.15) is 0 Å². The zero-order chi connectivity index (χ0) is 20.1. The van der Waals surface area contributed by atoms with Gasteiger partial charge in [-0.25, -0.2) is 4.98 Å². The van der Waals surface area contributed by atoms with Gasteiger partial charge >= 0.3 is 0 Å². The summed E-state index contributed by atoms with van der Waals surface area (Å²) in [6, 6.07) is 18.2. The maximum Gasteiger partial charge on any atom is 0.281 e. The van der Waals surface area contributed by atoms with Gasteiger partial charge in [0, 0.05) is 16.6 Å². The Kier molecular flexibility index (Phi) is 6.07. The van der Waals surface area contributed by atoms with Gasteiger partial charge in [-0.1, -0.05) is 18.2 Å². The number of benzene rings is 2. The topological polar surface area (TPSA) is 58.9 Å². The number of ether oxygens (including phenoxy) is 1. The van der Waals surface area contributed by atoms with Crippen molar-refractivity contribution in [2.75, 3.05) is 50.1 Å². The molecule has 0 saturated carbocycles. The van der Waals surface area contributed by atoms with Crippen LogP contribution in [0.3, 0.4) is 0 Å². The molecule has 0 unspecified atom stereocenters. The summed E-state index contributed by atoms with van der Waals surface area (Å²) >= 11 is 1.45. The normalized spacial score (nSPS) is 14.6. The van der Waals surface area contributed by atoms with Crippen molar-refractivity contribution in [2.45, 2.75) is 0 Å². The summed E-state index contributed by atoms with van der Waals surface area (Å²) < 4.78 is 5.19. The van der Waals surface area contributed by atoms with Crippen LogP contribution >= 0.6 is 11.3 Å². The minimum Gasteiger partial charge on any atom is -0.497 e. The summed E-state index contributed by atoms with van der Waals surface area (Å²) in [7, 11) is 1.65. The molecular formula is C22H25N4O2S+. The standard InChI is InChI=1S/C22H24N4O2S/c1-28-19-9-7-17(8-10-19)20-16-29-22(23-20)24-21(27)15-25-11-13-26(14-12-25)18-5-3-2-4-6-18/h2-10,16H,11-15H2,1H3,(H,23,24,27)/p+1. The lowest BCUT2D eigenvalue weighted by Crippen LogP contribution is -3.15. The summed E-state index contributed by atoms with van der Waals surface area (Å²) in [5.41, 5.74) is 3.12. The van der Waals surface area contributed by atoms with Gasteiger partial charge < -0.3 is 14.5 Å². The molecule has 7 heteroatoms. The van der Waals surface area contributed by atoms with Crippen LogP contribution < -0.4 is 19.9 Å². The number of aromatic nitrogens is 1. The predicted molar refractivity (Wildman–Crippen MR) is 117 cm³/mol. The first kappa shape index (κ1) is 19.4. The summed E-state index contributed by atoms with van der Waals surface area (Å²) in [5.74, 6) is 0.830. The van der Waals surface area contributed by atoms with Crippen LogP contribution in [0.1, 0.15) is 0 Å². The molecule has 1 fully saturated rings. The fourth-order valence-corrected chi connectivity index (χ4v) is 4.25. The fraction of sp³-hybridized carbons (Fsp3) is 0.273. The van der Waals surface area contributed by atoms with Gasteiger partial charge in [0.2, 0.25) is 0 Å². The number of thiazole rings is 1. The summed E-state index contributed by atoms with van der Waals surface area (Å²) in [4.78, 5) is 20.7. The average Bonchev–Trinajstić information content (AvgIpc) is 3.23. The highest BCUT2D eigenvalue weighted by Crippen LogP contribution is 2.26. The van der Waals surface area contributed by atoms with Gasteiger partial charge in [-0.05, 0) is 36.4 Å². The number of rotatable bonds is 6. The molecule has 1 aromatic heterocycles. The minimum absolute atomic E-state index is 0.0174. The molecule has 1 saturated heterocycles. The van der Waals surface area contributed by atoms with Crippen LogP contribution in [0.15, 0.2) is 60.0 Å². The molecule has 4 rings (SSSR count). The Morgan fingerprint density at radius 1 is 1.14 bits per heavy atom. The van der Waals surface area contributed by atoms with Gasteiger partial charge in [0.25, 0.3) is 5.91 Å². The molecule has 1 amide bonds. The molecule has 1 aliphatic heterocycles. The third-order valence-corrected chi connectivity index (χ3v) is 5.90. The molecule has 29 heavy (non-hydrogen) atoms. The van der Waals surface area contributed by atoms with E-state index in [-0.39, 0.29) is 5.91 Å². The second kappa shape index (κ2) is 9.07. The maximum atomic E-state index is 12.5. The Balaban J connectivity index is 1.27. The molecule has 0 bridgehead atoms. The third-order valence-electron chi connectivity index (χ3n) is 5.14. The average molecular weight is 410 g/mol. The van der Waals surface area contributed by atoms with E-state index >= 15 is 0 Å². The molecule has 2 aromatic carbocycles. The lowest BCUT2D eigenvalue weighted by Gasteiger charge is -2.33. The van der Waals surface area contributed by atoms with E-state index in [1.165, 1.54) is 21.9 Å². The Morgan fingerprint density at radius 3 is 2.55 bits per heavy atom. The van der Waals surface area contributed by atoms with E-state index in [4.69, 9.17) is 4.74 Å². The number of hydrogen-bond donors (Lipinski definition) is 2. The Morgan fingerprint density at radius 2 is 1.86 bits per heavy atom. The SMILES string of the molecule is COc1ccc(-c2csc(NC(=O)C[NH+]3CCN(c4ccccc4)CC3)n2)cc1. The molecule has 2 N–H and O–H groups in total. The van der Waals surface area contributed by atoms with Crippen molar-refractivity contribution < 1.29 is 14.4 Å². The molecular weight excluding hydrogens is 384 g/mol. The third kappa shape index (κ3) is 4.93. The van der Waals surface area contributed by atoms with Crippen molar-refractivity contribution in [1.82, 2.24) is 4.98 Å². The second-order valence-corrected chi connectivity index (χ2v) is 7.92. The first-order valence-electron chi connectivity index (χ1n) is 9.74. The first-order chi connectivity index (χ1) is 14.2. The Bertz CT molecular complexity index is 935. The van der Waals surface area contributed by atoms with Crippen LogP contribution in [0.2, 0.25) is 0 Å². The van der Waals surface area contributed by atoms with E-state index in [1.807, 2.05) is 35.7 Å². The van der Waals surface area contributed by atoms with E-state index in [0.717, 1.165) is 43.2 Å². The Labute approximate surface area is 174 Å². The minimum atomic E-state index is 0.0174. The molecule has 3 aromatic rings. The van der Waals surface area contributed by atoms with Crippen molar-refractivity contribution in [3.8, 4) is 17.0 Å². The smallest absolute Gasteiger partial charge is 0.281 e. The number of piperazine rings is 1. The predicted octanol–water partition coefficient (Wildman–Crippen LogP) is 2.16. The summed E-state index contributed by atoms with van der Waals surface area (Å²) in [6.45, 7) is 4.31. The number of quaternary nitrogens is 1. The number of carbonyl (C=O) groups excluding carboxylic acids is 1. The number of anilines is 2. The highest BCUT2D eigenvalue weighted by molar-refractivity contribution is 7.14. The van der Waals surface area contributed by atoms with Gasteiger partial charge in [0.05, 0.1) is 39.0 Å². The summed E-state index contributed by atoms with van der Waals surface area (Å²) in [6.07, 6.45) is 0. The number of amides is 1. The Hall–Kier alpha value is -2.90. The van der Waals surface area contributed by atoms with Crippen LogP contribution in [-0.2, 0) is 4.79 Å². The van der Waals surface area contributed by atoms with Crippen LogP contribution in [0.25, 0.3) is 11.3 Å². The van der Waals surface area contributed by atoms with Gasteiger partial charge in [0.15, 0.2) is 11.7 Å². The number of carbonyl (C=O) groups is 1. The zero-order valence-corrected chi connectivity index (χ0v) is 17.2. The molecule has 1 aliphatic rings. The highest BCUT2D eigenvalue weighted by Gasteiger charge is 2.22. The van der Waals surface area contributed by atoms with E-state index in [1.54, 1.807) is 7.11 Å². The van der Waals surface area contributed by atoms with Crippen LogP contribution in [-0.4, -0.2) is 50.7 Å².